The Morgan fingerprint density at radius 1 is 1.28 bits per heavy atom. The summed E-state index contributed by atoms with van der Waals surface area (Å²) in [4.78, 5) is 26.7. The van der Waals surface area contributed by atoms with Crippen molar-refractivity contribution >= 4 is 28.4 Å². The highest BCUT2D eigenvalue weighted by molar-refractivity contribution is 6.06. The number of primary amides is 1. The molecule has 5 nitrogen and oxygen atoms in total. The number of pyridine rings is 1. The summed E-state index contributed by atoms with van der Waals surface area (Å²) in [6.45, 7) is 3.22. The van der Waals surface area contributed by atoms with Gasteiger partial charge in [0, 0.05) is 23.7 Å². The first-order chi connectivity index (χ1) is 8.47. The third-order valence-electron chi connectivity index (χ3n) is 2.52. The fourth-order valence-electron chi connectivity index (χ4n) is 1.84. The number of carbonyl (C=O) groups excluding carboxylic acids is 2. The van der Waals surface area contributed by atoms with Gasteiger partial charge in [0.05, 0.1) is 11.1 Å². The Kier molecular flexibility index (Phi) is 2.97. The SMILES string of the molecule is CC(=O)Nc1ccc2nc(C)cc(C(N)=O)c2c1. The van der Waals surface area contributed by atoms with Crippen LogP contribution in [0.2, 0.25) is 0 Å². The molecule has 0 radical (unpaired) electrons. The van der Waals surface area contributed by atoms with E-state index in [1.807, 2.05) is 0 Å². The molecule has 18 heavy (non-hydrogen) atoms. The molecule has 0 spiro atoms. The number of nitrogens with two attached hydrogens (primary N) is 1. The molecule has 5 heteroatoms. The van der Waals surface area contributed by atoms with Crippen LogP contribution >= 0.6 is 0 Å². The van der Waals surface area contributed by atoms with Crippen molar-refractivity contribution in [3.05, 3.63) is 35.5 Å². The van der Waals surface area contributed by atoms with Crippen LogP contribution in [0, 0.1) is 6.92 Å². The van der Waals surface area contributed by atoms with E-state index >= 15 is 0 Å². The topological polar surface area (TPSA) is 85.1 Å². The molecule has 2 aromatic rings. The predicted molar refractivity (Wildman–Crippen MR) is 69.3 cm³/mol. The van der Waals surface area contributed by atoms with E-state index in [9.17, 15) is 9.59 Å². The highest BCUT2D eigenvalue weighted by Crippen LogP contribution is 2.22. The molecule has 1 heterocycles. The Hall–Kier alpha value is -2.43. The molecule has 0 aliphatic carbocycles. The molecular formula is C13H13N3O2. The quantitative estimate of drug-likeness (QED) is 0.840. The predicted octanol–water partition coefficient (Wildman–Crippen LogP) is 1.60. The molecule has 0 unspecified atom stereocenters. The number of anilines is 1. The minimum absolute atomic E-state index is 0.171. The van der Waals surface area contributed by atoms with Crippen molar-refractivity contribution in [1.29, 1.82) is 0 Å². The van der Waals surface area contributed by atoms with E-state index in [0.29, 0.717) is 22.2 Å². The lowest BCUT2D eigenvalue weighted by Gasteiger charge is -2.07. The van der Waals surface area contributed by atoms with Crippen LogP contribution in [-0.4, -0.2) is 16.8 Å². The van der Waals surface area contributed by atoms with Crippen LogP contribution in [0.3, 0.4) is 0 Å². The molecule has 0 aliphatic rings. The number of nitrogens with one attached hydrogen (secondary N) is 1. The minimum atomic E-state index is -0.509. The molecule has 0 saturated heterocycles. The zero-order valence-electron chi connectivity index (χ0n) is 10.2. The van der Waals surface area contributed by atoms with Gasteiger partial charge in [-0.2, -0.15) is 0 Å². The Morgan fingerprint density at radius 3 is 2.61 bits per heavy atom. The lowest BCUT2D eigenvalue weighted by molar-refractivity contribution is -0.114. The van der Waals surface area contributed by atoms with E-state index < -0.39 is 5.91 Å². The van der Waals surface area contributed by atoms with Gasteiger partial charge in [-0.05, 0) is 31.2 Å². The maximum absolute atomic E-state index is 11.4. The van der Waals surface area contributed by atoms with E-state index in [1.165, 1.54) is 6.92 Å². The molecule has 1 aromatic carbocycles. The number of rotatable bonds is 2. The second kappa shape index (κ2) is 4.44. The van der Waals surface area contributed by atoms with Crippen molar-refractivity contribution in [2.45, 2.75) is 13.8 Å². The Bertz CT molecular complexity index is 650. The average molecular weight is 243 g/mol. The number of hydrogen-bond donors (Lipinski definition) is 2. The standard InChI is InChI=1S/C13H13N3O2/c1-7-5-11(13(14)18)10-6-9(16-8(2)17)3-4-12(10)15-7/h3-6H,1-2H3,(H2,14,18)(H,16,17). The van der Waals surface area contributed by atoms with Gasteiger partial charge in [-0.15, -0.1) is 0 Å². The number of hydrogen-bond acceptors (Lipinski definition) is 3. The van der Waals surface area contributed by atoms with Gasteiger partial charge in [0.1, 0.15) is 0 Å². The molecule has 0 fully saturated rings. The van der Waals surface area contributed by atoms with Crippen molar-refractivity contribution in [2.75, 3.05) is 5.32 Å². The molecule has 0 saturated carbocycles. The first kappa shape index (κ1) is 12.0. The maximum Gasteiger partial charge on any atom is 0.249 e. The van der Waals surface area contributed by atoms with Gasteiger partial charge >= 0.3 is 0 Å². The third-order valence-corrected chi connectivity index (χ3v) is 2.52. The molecule has 0 bridgehead atoms. The monoisotopic (exact) mass is 243 g/mol. The van der Waals surface area contributed by atoms with Crippen molar-refractivity contribution in [1.82, 2.24) is 4.98 Å². The highest BCUT2D eigenvalue weighted by atomic mass is 16.1. The summed E-state index contributed by atoms with van der Waals surface area (Å²) in [7, 11) is 0. The van der Waals surface area contributed by atoms with Gasteiger partial charge in [-0.3, -0.25) is 14.6 Å². The summed E-state index contributed by atoms with van der Waals surface area (Å²) >= 11 is 0. The van der Waals surface area contributed by atoms with Crippen LogP contribution in [0.5, 0.6) is 0 Å². The molecule has 3 N–H and O–H groups in total. The summed E-state index contributed by atoms with van der Waals surface area (Å²) in [5, 5.41) is 3.30. The summed E-state index contributed by atoms with van der Waals surface area (Å²) in [5.74, 6) is -0.680. The summed E-state index contributed by atoms with van der Waals surface area (Å²) in [5.41, 5.74) is 7.77. The summed E-state index contributed by atoms with van der Waals surface area (Å²) in [6.07, 6.45) is 0. The smallest absolute Gasteiger partial charge is 0.249 e. The lowest BCUT2D eigenvalue weighted by Crippen LogP contribution is -2.12. The zero-order valence-corrected chi connectivity index (χ0v) is 10.2. The first-order valence-corrected chi connectivity index (χ1v) is 5.46. The molecule has 1 aromatic heterocycles. The number of nitrogens with zero attached hydrogens (tertiary/aromatic N) is 1. The van der Waals surface area contributed by atoms with E-state index in [2.05, 4.69) is 10.3 Å². The van der Waals surface area contributed by atoms with E-state index in [0.717, 1.165) is 5.69 Å². The van der Waals surface area contributed by atoms with E-state index in [1.54, 1.807) is 31.2 Å². The molecule has 0 aliphatic heterocycles. The number of carbonyl (C=O) groups is 2. The number of amides is 2. The molecule has 2 rings (SSSR count). The van der Waals surface area contributed by atoms with Crippen molar-refractivity contribution in [3.63, 3.8) is 0 Å². The number of aryl methyl sites for hydroxylation is 1. The first-order valence-electron chi connectivity index (χ1n) is 5.46. The van der Waals surface area contributed by atoms with Gasteiger partial charge in [0.15, 0.2) is 0 Å². The van der Waals surface area contributed by atoms with Crippen molar-refractivity contribution < 1.29 is 9.59 Å². The Labute approximate surface area is 104 Å². The number of benzene rings is 1. The number of fused-ring (bicyclic) bond motifs is 1. The van der Waals surface area contributed by atoms with Gasteiger partial charge < -0.3 is 11.1 Å². The maximum atomic E-state index is 11.4. The average Bonchev–Trinajstić information content (AvgIpc) is 2.27. The second-order valence-electron chi connectivity index (χ2n) is 4.09. The van der Waals surface area contributed by atoms with Crippen LogP contribution in [0.25, 0.3) is 10.9 Å². The summed E-state index contributed by atoms with van der Waals surface area (Å²) in [6, 6.07) is 6.83. The van der Waals surface area contributed by atoms with Crippen LogP contribution in [0.15, 0.2) is 24.3 Å². The molecular weight excluding hydrogens is 230 g/mol. The Balaban J connectivity index is 2.66. The largest absolute Gasteiger partial charge is 0.366 e. The zero-order chi connectivity index (χ0) is 13.3. The van der Waals surface area contributed by atoms with E-state index in [-0.39, 0.29) is 5.91 Å². The van der Waals surface area contributed by atoms with Crippen LogP contribution < -0.4 is 11.1 Å². The normalized spacial score (nSPS) is 10.3. The summed E-state index contributed by atoms with van der Waals surface area (Å²) < 4.78 is 0. The second-order valence-corrected chi connectivity index (χ2v) is 4.09. The van der Waals surface area contributed by atoms with Gasteiger partial charge in [0.25, 0.3) is 0 Å². The van der Waals surface area contributed by atoms with Crippen LogP contribution in [0.1, 0.15) is 23.0 Å². The highest BCUT2D eigenvalue weighted by Gasteiger charge is 2.09. The molecule has 2 amide bonds. The number of aromatic nitrogens is 1. The molecule has 92 valence electrons. The van der Waals surface area contributed by atoms with Gasteiger partial charge in [-0.1, -0.05) is 0 Å². The molecule has 0 atom stereocenters. The fraction of sp³-hybridized carbons (Fsp3) is 0.154. The minimum Gasteiger partial charge on any atom is -0.366 e. The van der Waals surface area contributed by atoms with Gasteiger partial charge in [0.2, 0.25) is 11.8 Å². The van der Waals surface area contributed by atoms with Crippen LogP contribution in [-0.2, 0) is 4.79 Å². The van der Waals surface area contributed by atoms with E-state index in [4.69, 9.17) is 5.73 Å². The Morgan fingerprint density at radius 2 is 2.00 bits per heavy atom. The van der Waals surface area contributed by atoms with Crippen molar-refractivity contribution in [3.8, 4) is 0 Å². The third kappa shape index (κ3) is 2.29. The fourth-order valence-corrected chi connectivity index (χ4v) is 1.84. The lowest BCUT2D eigenvalue weighted by atomic mass is 10.1. The van der Waals surface area contributed by atoms with Crippen LogP contribution in [0.4, 0.5) is 5.69 Å². The van der Waals surface area contributed by atoms with Gasteiger partial charge in [-0.25, -0.2) is 0 Å². The van der Waals surface area contributed by atoms with Crippen molar-refractivity contribution in [2.24, 2.45) is 5.73 Å².